The van der Waals surface area contributed by atoms with E-state index in [9.17, 15) is 4.79 Å². The molecule has 5 rings (SSSR count). The van der Waals surface area contributed by atoms with Crippen LogP contribution >= 0.6 is 28.1 Å². The van der Waals surface area contributed by atoms with E-state index in [2.05, 4.69) is 61.6 Å². The van der Waals surface area contributed by atoms with Crippen LogP contribution in [0.15, 0.2) is 81.8 Å². The summed E-state index contributed by atoms with van der Waals surface area (Å²) in [4.78, 5) is 18.6. The van der Waals surface area contributed by atoms with Gasteiger partial charge in [-0.3, -0.25) is 9.78 Å². The molecular formula is C29H27BrN4O2S. The fourth-order valence-electron chi connectivity index (χ4n) is 4.57. The zero-order chi connectivity index (χ0) is 26.1. The number of carbonyl (C=O) groups is 1. The maximum atomic E-state index is 12.0. The minimum absolute atomic E-state index is 0.0207. The number of benzene rings is 2. The number of anilines is 2. The number of rotatable bonds is 6. The van der Waals surface area contributed by atoms with Crippen molar-refractivity contribution < 1.29 is 9.21 Å². The second-order valence-corrected chi connectivity index (χ2v) is 10.3. The first-order valence-corrected chi connectivity index (χ1v) is 13.3. The first-order valence-electron chi connectivity index (χ1n) is 12.1. The lowest BCUT2D eigenvalue weighted by Gasteiger charge is -2.27. The average molecular weight is 576 g/mol. The molecule has 0 bridgehead atoms. The van der Waals surface area contributed by atoms with E-state index in [4.69, 9.17) is 16.6 Å². The van der Waals surface area contributed by atoms with E-state index in [1.807, 2.05) is 62.4 Å². The number of nitrogens with zero attached hydrogens (tertiary/aromatic N) is 2. The van der Waals surface area contributed by atoms with E-state index in [0.717, 1.165) is 44.2 Å². The topological polar surface area (TPSA) is 70.4 Å². The molecule has 6 nitrogen and oxygen atoms in total. The minimum atomic E-state index is -0.268. The Kier molecular flexibility index (Phi) is 7.13. The molecule has 0 saturated carbocycles. The number of carbonyl (C=O) groups excluding carboxylic acids is 1. The molecule has 1 aliphatic rings. The number of halogens is 1. The van der Waals surface area contributed by atoms with Crippen LogP contribution in [0.25, 0.3) is 11.3 Å². The summed E-state index contributed by atoms with van der Waals surface area (Å²) in [6.07, 6.45) is 2.21. The summed E-state index contributed by atoms with van der Waals surface area (Å²) in [6, 6.07) is 21.5. The van der Waals surface area contributed by atoms with Gasteiger partial charge in [-0.25, -0.2) is 0 Å². The molecule has 3 heterocycles. The SMILES string of the molecule is CCC(=O)Nc1ccc(N2C(=S)NC(c3ccccn3)C2c2ccc(-c3ccc(C)cc3Br)o2)cc1C. The molecule has 1 aliphatic heterocycles. The molecule has 2 unspecified atom stereocenters. The van der Waals surface area contributed by atoms with Crippen LogP contribution in [-0.4, -0.2) is 16.0 Å². The van der Waals surface area contributed by atoms with Gasteiger partial charge in [0.25, 0.3) is 0 Å². The Morgan fingerprint density at radius 2 is 1.97 bits per heavy atom. The summed E-state index contributed by atoms with van der Waals surface area (Å²) >= 11 is 9.52. The normalized spacial score (nSPS) is 17.1. The number of hydrogen-bond donors (Lipinski definition) is 2. The van der Waals surface area contributed by atoms with Crippen LogP contribution in [0.2, 0.25) is 0 Å². The average Bonchev–Trinajstić information content (AvgIpc) is 3.50. The molecule has 188 valence electrons. The standard InChI is InChI=1S/C29H27BrN4O2S/c1-4-26(35)32-22-11-9-19(16-18(22)3)34-28(27(33-29(34)37)23-7-5-6-14-31-23)25-13-12-24(36-25)20-10-8-17(2)15-21(20)30/h5-16,27-28H,4H2,1-3H3,(H,32,35)(H,33,37). The van der Waals surface area contributed by atoms with Crippen LogP contribution in [0.4, 0.5) is 11.4 Å². The molecule has 1 amide bonds. The molecule has 0 radical (unpaired) electrons. The van der Waals surface area contributed by atoms with Crippen molar-refractivity contribution in [2.75, 3.05) is 10.2 Å². The lowest BCUT2D eigenvalue weighted by molar-refractivity contribution is -0.115. The fourth-order valence-corrected chi connectivity index (χ4v) is 5.61. The van der Waals surface area contributed by atoms with Gasteiger partial charge in [0.1, 0.15) is 17.6 Å². The Labute approximate surface area is 230 Å². The molecule has 2 atom stereocenters. The monoisotopic (exact) mass is 574 g/mol. The molecule has 37 heavy (non-hydrogen) atoms. The van der Waals surface area contributed by atoms with Gasteiger partial charge in [-0.15, -0.1) is 0 Å². The Hall–Kier alpha value is -3.49. The highest BCUT2D eigenvalue weighted by molar-refractivity contribution is 9.10. The van der Waals surface area contributed by atoms with Crippen molar-refractivity contribution >= 4 is 50.5 Å². The van der Waals surface area contributed by atoms with Gasteiger partial charge in [0.05, 0.1) is 11.7 Å². The summed E-state index contributed by atoms with van der Waals surface area (Å²) in [5.74, 6) is 1.52. The van der Waals surface area contributed by atoms with Gasteiger partial charge in [0.2, 0.25) is 5.91 Å². The van der Waals surface area contributed by atoms with Crippen LogP contribution in [-0.2, 0) is 4.79 Å². The smallest absolute Gasteiger partial charge is 0.224 e. The van der Waals surface area contributed by atoms with Crippen molar-refractivity contribution in [1.82, 2.24) is 10.3 Å². The van der Waals surface area contributed by atoms with Crippen molar-refractivity contribution in [3.05, 3.63) is 100.0 Å². The van der Waals surface area contributed by atoms with E-state index >= 15 is 0 Å². The van der Waals surface area contributed by atoms with Gasteiger partial charge in [-0.2, -0.15) is 0 Å². The Bertz CT molecular complexity index is 1470. The summed E-state index contributed by atoms with van der Waals surface area (Å²) in [5, 5.41) is 7.01. The van der Waals surface area contributed by atoms with Crippen LogP contribution in [0.5, 0.6) is 0 Å². The fraction of sp³-hybridized carbons (Fsp3) is 0.207. The van der Waals surface area contributed by atoms with Gasteiger partial charge in [-0.1, -0.05) is 35.0 Å². The van der Waals surface area contributed by atoms with E-state index in [0.29, 0.717) is 11.5 Å². The highest BCUT2D eigenvalue weighted by atomic mass is 79.9. The second kappa shape index (κ2) is 10.5. The third-order valence-electron chi connectivity index (χ3n) is 6.49. The number of pyridine rings is 1. The predicted molar refractivity (Wildman–Crippen MR) is 155 cm³/mol. The molecule has 0 spiro atoms. The number of thiocarbonyl (C=S) groups is 1. The first kappa shape index (κ1) is 25.2. The maximum absolute atomic E-state index is 12.0. The number of hydrogen-bond acceptors (Lipinski definition) is 4. The Balaban J connectivity index is 1.57. The van der Waals surface area contributed by atoms with E-state index < -0.39 is 0 Å². The van der Waals surface area contributed by atoms with E-state index in [1.54, 1.807) is 6.20 Å². The Morgan fingerprint density at radius 3 is 2.68 bits per heavy atom. The van der Waals surface area contributed by atoms with Crippen molar-refractivity contribution in [3.63, 3.8) is 0 Å². The zero-order valence-corrected chi connectivity index (χ0v) is 23.2. The third kappa shape index (κ3) is 5.04. The largest absolute Gasteiger partial charge is 0.459 e. The van der Waals surface area contributed by atoms with Gasteiger partial charge < -0.3 is 20.0 Å². The van der Waals surface area contributed by atoms with Crippen molar-refractivity contribution in [2.45, 2.75) is 39.3 Å². The van der Waals surface area contributed by atoms with Crippen molar-refractivity contribution in [1.29, 1.82) is 0 Å². The highest BCUT2D eigenvalue weighted by Gasteiger charge is 2.42. The van der Waals surface area contributed by atoms with Crippen molar-refractivity contribution in [2.24, 2.45) is 0 Å². The number of aromatic nitrogens is 1. The van der Waals surface area contributed by atoms with E-state index in [-0.39, 0.29) is 18.0 Å². The summed E-state index contributed by atoms with van der Waals surface area (Å²) in [5.41, 5.74) is 5.67. The molecule has 2 aromatic carbocycles. The molecule has 2 aromatic heterocycles. The quantitative estimate of drug-likeness (QED) is 0.236. The molecular weight excluding hydrogens is 548 g/mol. The van der Waals surface area contributed by atoms with Gasteiger partial charge >= 0.3 is 0 Å². The van der Waals surface area contributed by atoms with Crippen molar-refractivity contribution in [3.8, 4) is 11.3 Å². The third-order valence-corrected chi connectivity index (χ3v) is 7.46. The van der Waals surface area contributed by atoms with Crippen LogP contribution < -0.4 is 15.5 Å². The number of aryl methyl sites for hydroxylation is 2. The van der Waals surface area contributed by atoms with Gasteiger partial charge in [0.15, 0.2) is 5.11 Å². The maximum Gasteiger partial charge on any atom is 0.224 e. The molecule has 4 aromatic rings. The highest BCUT2D eigenvalue weighted by Crippen LogP contribution is 2.44. The minimum Gasteiger partial charge on any atom is -0.459 e. The summed E-state index contributed by atoms with van der Waals surface area (Å²) in [7, 11) is 0. The summed E-state index contributed by atoms with van der Waals surface area (Å²) in [6.45, 7) is 5.87. The van der Waals surface area contributed by atoms with E-state index in [1.165, 1.54) is 5.56 Å². The molecule has 8 heteroatoms. The van der Waals surface area contributed by atoms with Gasteiger partial charge in [0, 0.05) is 34.0 Å². The predicted octanol–water partition coefficient (Wildman–Crippen LogP) is 7.25. The number of furan rings is 1. The lowest BCUT2D eigenvalue weighted by atomic mass is 10.0. The molecule has 1 saturated heterocycles. The van der Waals surface area contributed by atoms with Crippen LogP contribution in [0, 0.1) is 13.8 Å². The Morgan fingerprint density at radius 1 is 1.14 bits per heavy atom. The molecule has 2 N–H and O–H groups in total. The van der Waals surface area contributed by atoms with Crippen LogP contribution in [0.3, 0.4) is 0 Å². The number of amides is 1. The second-order valence-electron chi connectivity index (χ2n) is 9.08. The molecule has 1 fully saturated rings. The number of nitrogens with one attached hydrogen (secondary N) is 2. The summed E-state index contributed by atoms with van der Waals surface area (Å²) < 4.78 is 7.47. The molecule has 0 aliphatic carbocycles. The zero-order valence-electron chi connectivity index (χ0n) is 20.8. The van der Waals surface area contributed by atoms with Crippen LogP contribution in [0.1, 0.15) is 48.0 Å². The van der Waals surface area contributed by atoms with Gasteiger partial charge in [-0.05, 0) is 91.8 Å². The first-order chi connectivity index (χ1) is 17.9. The lowest BCUT2D eigenvalue weighted by Crippen LogP contribution is -2.29.